The minimum absolute atomic E-state index is 0. The van der Waals surface area contributed by atoms with Gasteiger partial charge in [0.15, 0.2) is 0 Å². The van der Waals surface area contributed by atoms with Gasteiger partial charge >= 0.3 is 21.7 Å². The molecule has 0 N–H and O–H groups in total. The van der Waals surface area contributed by atoms with E-state index in [2.05, 4.69) is 71.0 Å². The van der Waals surface area contributed by atoms with Gasteiger partial charge in [-0.3, -0.25) is 6.08 Å². The Bertz CT molecular complexity index is 755. The van der Waals surface area contributed by atoms with E-state index in [9.17, 15) is 0 Å². The Morgan fingerprint density at radius 3 is 1.49 bits per heavy atom. The predicted molar refractivity (Wildman–Crippen MR) is 161 cm³/mol. The number of benzene rings is 1. The average molecular weight is 648 g/mol. The second-order valence-corrected chi connectivity index (χ2v) is 14.2. The van der Waals surface area contributed by atoms with Crippen molar-refractivity contribution in [2.45, 2.75) is 144 Å². The van der Waals surface area contributed by atoms with E-state index in [0.717, 1.165) is 0 Å². The molecule has 0 nitrogen and oxygen atoms in total. The van der Waals surface area contributed by atoms with Gasteiger partial charge in [-0.1, -0.05) is 178 Å². The molecule has 0 aromatic heterocycles. The van der Waals surface area contributed by atoms with Crippen LogP contribution in [-0.2, 0) is 21.7 Å². The van der Waals surface area contributed by atoms with Crippen LogP contribution < -0.4 is 42.4 Å². The van der Waals surface area contributed by atoms with Crippen molar-refractivity contribution in [3.05, 3.63) is 52.8 Å². The van der Waals surface area contributed by atoms with Crippen LogP contribution in [0.2, 0.25) is 0 Å². The summed E-state index contributed by atoms with van der Waals surface area (Å²) in [4.78, 5) is 0. The zero-order chi connectivity index (χ0) is 25.4. The molecule has 0 amide bonds. The van der Waals surface area contributed by atoms with Crippen LogP contribution in [0.3, 0.4) is 0 Å². The standard InChI is InChI=1S/C34H57Si.3ClH.Ti/c1-6-7-8-9-10-11-12-13-14-15-16-17-18-19-20-24-27-31-29(2)32(34(3,4)5)28-33(31)35-30-25-22-21-23-26-30;;;;/h21-23,25-26,31H,6-20,24,27,35H2,1-5H3;3*1H;/q-1;;;;+4/p-3. The third kappa shape index (κ3) is 18.6. The van der Waals surface area contributed by atoms with Crippen LogP contribution in [0.4, 0.5) is 0 Å². The molecule has 0 heterocycles. The van der Waals surface area contributed by atoms with E-state index >= 15 is 0 Å². The maximum absolute atomic E-state index is 3.94. The summed E-state index contributed by atoms with van der Waals surface area (Å²) in [6.45, 7) is 11.8. The van der Waals surface area contributed by atoms with Crippen molar-refractivity contribution >= 4 is 14.7 Å². The van der Waals surface area contributed by atoms with Crippen LogP contribution in [0.5, 0.6) is 0 Å². The topological polar surface area (TPSA) is 0 Å². The summed E-state index contributed by atoms with van der Waals surface area (Å²) in [5.74, 6) is 0.669. The molecule has 0 aliphatic heterocycles. The van der Waals surface area contributed by atoms with E-state index in [1.807, 2.05) is 0 Å². The first-order chi connectivity index (χ1) is 16.9. The third-order valence-electron chi connectivity index (χ3n) is 7.96. The van der Waals surface area contributed by atoms with Crippen molar-refractivity contribution < 1.29 is 58.9 Å². The van der Waals surface area contributed by atoms with Gasteiger partial charge < -0.3 is 37.2 Å². The van der Waals surface area contributed by atoms with Gasteiger partial charge in [-0.2, -0.15) is 5.20 Å². The monoisotopic (exact) mass is 646 g/mol. The van der Waals surface area contributed by atoms with Crippen LogP contribution in [0.15, 0.2) is 46.7 Å². The molecule has 1 aliphatic rings. The zero-order valence-electron chi connectivity index (χ0n) is 25.8. The van der Waals surface area contributed by atoms with E-state index in [1.165, 1.54) is 115 Å². The molecule has 0 fully saturated rings. The molecule has 0 saturated carbocycles. The van der Waals surface area contributed by atoms with Gasteiger partial charge in [0.1, 0.15) is 0 Å². The Hall–Kier alpha value is 0.501. The Labute approximate surface area is 279 Å². The molecule has 0 bridgehead atoms. The molecule has 1 aromatic rings. The van der Waals surface area contributed by atoms with Gasteiger partial charge in [-0.25, -0.2) is 11.1 Å². The molecule has 0 radical (unpaired) electrons. The molecular weight excluding hydrogens is 591 g/mol. The minimum Gasteiger partial charge on any atom is -1.00 e. The van der Waals surface area contributed by atoms with Gasteiger partial charge in [-0.15, -0.1) is 6.92 Å². The maximum Gasteiger partial charge on any atom is 4.00 e. The fourth-order valence-corrected chi connectivity index (χ4v) is 7.80. The Morgan fingerprint density at radius 1 is 0.667 bits per heavy atom. The Morgan fingerprint density at radius 2 is 1.08 bits per heavy atom. The summed E-state index contributed by atoms with van der Waals surface area (Å²) >= 11 is 0. The van der Waals surface area contributed by atoms with Crippen LogP contribution in [0.25, 0.3) is 0 Å². The Kier molecular flexibility index (Phi) is 29.5. The first-order valence-corrected chi connectivity index (χ1v) is 16.7. The maximum atomic E-state index is 3.94. The van der Waals surface area contributed by atoms with Crippen molar-refractivity contribution in [2.24, 2.45) is 11.3 Å². The van der Waals surface area contributed by atoms with E-state index < -0.39 is 9.52 Å². The van der Waals surface area contributed by atoms with E-state index in [-0.39, 0.29) is 64.4 Å². The van der Waals surface area contributed by atoms with Crippen LogP contribution in [0.1, 0.15) is 144 Å². The zero-order valence-corrected chi connectivity index (χ0v) is 31.1. The molecule has 1 unspecified atom stereocenters. The summed E-state index contributed by atoms with van der Waals surface area (Å²) in [5, 5.41) is 3.23. The largest absolute Gasteiger partial charge is 4.00 e. The van der Waals surface area contributed by atoms with Gasteiger partial charge in [0.05, 0.1) is 9.52 Å². The molecule has 2 rings (SSSR count). The molecule has 0 saturated heterocycles. The predicted octanol–water partition coefficient (Wildman–Crippen LogP) is 0.821. The smallest absolute Gasteiger partial charge is 1.00 e. The van der Waals surface area contributed by atoms with Crippen molar-refractivity contribution in [1.29, 1.82) is 0 Å². The summed E-state index contributed by atoms with van der Waals surface area (Å²) < 4.78 is 0. The molecule has 1 aromatic carbocycles. The van der Waals surface area contributed by atoms with Crippen LogP contribution in [0, 0.1) is 17.4 Å². The molecular formula is C34H57Cl3SiTi. The summed E-state index contributed by atoms with van der Waals surface area (Å²) in [5.41, 5.74) is 3.33. The molecule has 5 heteroatoms. The van der Waals surface area contributed by atoms with Gasteiger partial charge in [0.2, 0.25) is 0 Å². The third-order valence-corrected chi connectivity index (χ3v) is 9.89. The number of halogens is 3. The van der Waals surface area contributed by atoms with Crippen molar-refractivity contribution in [2.75, 3.05) is 0 Å². The summed E-state index contributed by atoms with van der Waals surface area (Å²) in [6, 6.07) is 11.2. The summed E-state index contributed by atoms with van der Waals surface area (Å²) in [6.07, 6.45) is 28.4. The normalized spacial score (nSPS) is 14.9. The number of hydrogen-bond acceptors (Lipinski definition) is 0. The second-order valence-electron chi connectivity index (χ2n) is 12.3. The molecule has 39 heavy (non-hydrogen) atoms. The molecule has 0 spiro atoms. The number of allylic oxidation sites excluding steroid dienone is 4. The molecule has 222 valence electrons. The average Bonchev–Trinajstić information content (AvgIpc) is 3.14. The molecule has 1 aliphatic carbocycles. The van der Waals surface area contributed by atoms with Gasteiger partial charge in [0, 0.05) is 0 Å². The number of hydrogen-bond donors (Lipinski definition) is 0. The minimum atomic E-state index is -0.407. The molecule has 1 atom stereocenters. The second kappa shape index (κ2) is 26.2. The first-order valence-electron chi connectivity index (χ1n) is 15.3. The van der Waals surface area contributed by atoms with E-state index in [4.69, 9.17) is 0 Å². The van der Waals surface area contributed by atoms with E-state index in [1.54, 1.807) is 16.0 Å². The van der Waals surface area contributed by atoms with Gasteiger partial charge in [0.25, 0.3) is 0 Å². The quantitative estimate of drug-likeness (QED) is 0.119. The fraction of sp³-hybridized carbons (Fsp3) is 0.706. The first kappa shape index (κ1) is 43.9. The number of unbranched alkanes of at least 4 members (excludes halogenated alkanes) is 15. The van der Waals surface area contributed by atoms with Crippen molar-refractivity contribution in [3.63, 3.8) is 0 Å². The van der Waals surface area contributed by atoms with Crippen molar-refractivity contribution in [1.82, 2.24) is 0 Å². The van der Waals surface area contributed by atoms with Crippen LogP contribution in [-0.4, -0.2) is 9.52 Å². The SMILES string of the molecule is CCCCCCCCCCCCCCCCCCC1C([SiH2]c2ccccc2)=[C-]C(C(C)(C)C)=C1C.[Cl-].[Cl-].[Cl-].[Ti+4]. The van der Waals surface area contributed by atoms with Crippen LogP contribution >= 0.6 is 0 Å². The summed E-state index contributed by atoms with van der Waals surface area (Å²) in [7, 11) is -0.407. The van der Waals surface area contributed by atoms with Gasteiger partial charge in [-0.05, 0) is 5.41 Å². The van der Waals surface area contributed by atoms with E-state index in [0.29, 0.717) is 5.92 Å². The van der Waals surface area contributed by atoms with Crippen molar-refractivity contribution in [3.8, 4) is 0 Å². The number of rotatable bonds is 19. The Balaban J connectivity index is -0.00000324. The fourth-order valence-electron chi connectivity index (χ4n) is 5.83.